The van der Waals surface area contributed by atoms with E-state index in [-0.39, 0.29) is 28.2 Å². The summed E-state index contributed by atoms with van der Waals surface area (Å²) < 4.78 is 80.1. The number of ether oxygens (including phenoxy) is 1. The molecule has 208 valence electrons. The van der Waals surface area contributed by atoms with Crippen molar-refractivity contribution in [2.24, 2.45) is 0 Å². The van der Waals surface area contributed by atoms with Crippen molar-refractivity contribution in [3.63, 3.8) is 0 Å². The molecule has 2 aliphatic rings. The van der Waals surface area contributed by atoms with Crippen molar-refractivity contribution < 1.29 is 26.7 Å². The Labute approximate surface area is 227 Å². The van der Waals surface area contributed by atoms with Crippen LogP contribution < -0.4 is 4.74 Å². The largest absolute Gasteiger partial charge is 0.495 e. The highest BCUT2D eigenvalue weighted by atomic mass is 19.4. The fourth-order valence-corrected chi connectivity index (χ4v) is 4.83. The lowest BCUT2D eigenvalue weighted by Crippen LogP contribution is -2.18. The summed E-state index contributed by atoms with van der Waals surface area (Å²) >= 11 is 0. The van der Waals surface area contributed by atoms with Crippen LogP contribution in [-0.2, 0) is 6.18 Å². The van der Waals surface area contributed by atoms with Crippen LogP contribution in [-0.4, -0.2) is 31.4 Å². The van der Waals surface area contributed by atoms with Crippen LogP contribution in [0.25, 0.3) is 28.3 Å². The van der Waals surface area contributed by atoms with E-state index in [9.17, 15) is 22.0 Å². The summed E-state index contributed by atoms with van der Waals surface area (Å²) in [6.07, 6.45) is 0.553. The van der Waals surface area contributed by atoms with Crippen LogP contribution in [0.2, 0.25) is 0 Å². The molecule has 2 aliphatic heterocycles. The number of alkyl halides is 3. The number of pyridine rings is 1. The van der Waals surface area contributed by atoms with Crippen LogP contribution in [0.15, 0.2) is 55.1 Å². The molecule has 5 rings (SSSR count). The third kappa shape index (κ3) is 4.91. The van der Waals surface area contributed by atoms with Gasteiger partial charge in [0.25, 0.3) is 0 Å². The number of aryl methyl sites for hydroxylation is 1. The van der Waals surface area contributed by atoms with E-state index in [2.05, 4.69) is 15.2 Å². The molecule has 1 atom stereocenters. The van der Waals surface area contributed by atoms with Crippen molar-refractivity contribution in [1.82, 2.24) is 24.3 Å². The molecule has 11 heteroatoms. The third-order valence-electron chi connectivity index (χ3n) is 6.92. The lowest BCUT2D eigenvalue weighted by molar-refractivity contribution is -0.138. The van der Waals surface area contributed by atoms with E-state index in [1.165, 1.54) is 18.6 Å². The SMILES string of the molecule is CCCC(c1cc(F)c(C)c(F)c1)n1cc(C(F)(F)F)cc2c(-c3ccc(-n4cnc(C)c4)c(OC)c3)nnc1-2. The Morgan fingerprint density at radius 3 is 2.30 bits per heavy atom. The van der Waals surface area contributed by atoms with E-state index in [0.717, 1.165) is 30.1 Å². The van der Waals surface area contributed by atoms with Crippen molar-refractivity contribution in [3.8, 4) is 34.1 Å². The summed E-state index contributed by atoms with van der Waals surface area (Å²) in [6, 6.07) is 7.66. The van der Waals surface area contributed by atoms with Gasteiger partial charge in [-0.2, -0.15) is 13.2 Å². The highest BCUT2D eigenvalue weighted by Crippen LogP contribution is 2.41. The summed E-state index contributed by atoms with van der Waals surface area (Å²) in [5.41, 5.74) is 1.48. The van der Waals surface area contributed by atoms with Crippen molar-refractivity contribution >= 4 is 0 Å². The van der Waals surface area contributed by atoms with Gasteiger partial charge in [-0.15, -0.1) is 10.2 Å². The molecular formula is C29H26F5N5O. The van der Waals surface area contributed by atoms with Gasteiger partial charge in [0.1, 0.15) is 23.1 Å². The zero-order valence-corrected chi connectivity index (χ0v) is 22.2. The van der Waals surface area contributed by atoms with Crippen LogP contribution in [0.3, 0.4) is 0 Å². The molecule has 0 amide bonds. The van der Waals surface area contributed by atoms with Crippen LogP contribution in [0, 0.1) is 25.5 Å². The van der Waals surface area contributed by atoms with Crippen LogP contribution >= 0.6 is 0 Å². The maximum Gasteiger partial charge on any atom is 0.417 e. The maximum absolute atomic E-state index is 14.5. The molecule has 0 radical (unpaired) electrons. The molecule has 0 saturated carbocycles. The van der Waals surface area contributed by atoms with Gasteiger partial charge in [0.2, 0.25) is 0 Å². The predicted molar refractivity (Wildman–Crippen MR) is 140 cm³/mol. The van der Waals surface area contributed by atoms with Gasteiger partial charge in [-0.25, -0.2) is 13.8 Å². The summed E-state index contributed by atoms with van der Waals surface area (Å²) in [5.74, 6) is -0.916. The molecular weight excluding hydrogens is 529 g/mol. The average molecular weight is 556 g/mol. The molecule has 0 spiro atoms. The fourth-order valence-electron chi connectivity index (χ4n) is 4.83. The highest BCUT2D eigenvalue weighted by Gasteiger charge is 2.35. The number of methoxy groups -OCH3 is 1. The Kier molecular flexibility index (Phi) is 7.07. The molecule has 3 aromatic rings. The number of halogens is 5. The number of aromatic nitrogens is 5. The lowest BCUT2D eigenvalue weighted by atomic mass is 9.97. The minimum atomic E-state index is -4.69. The number of hydrogen-bond acceptors (Lipinski definition) is 4. The van der Waals surface area contributed by atoms with Crippen molar-refractivity contribution in [2.45, 2.75) is 45.8 Å². The minimum Gasteiger partial charge on any atom is -0.495 e. The summed E-state index contributed by atoms with van der Waals surface area (Å²) in [4.78, 5) is 4.22. The first-order valence-corrected chi connectivity index (χ1v) is 12.6. The van der Waals surface area contributed by atoms with Crippen LogP contribution in [0.4, 0.5) is 22.0 Å². The normalized spacial score (nSPS) is 12.7. The third-order valence-corrected chi connectivity index (χ3v) is 6.92. The minimum absolute atomic E-state index is 0.150. The van der Waals surface area contributed by atoms with Crippen LogP contribution in [0.1, 0.15) is 48.2 Å². The molecule has 0 bridgehead atoms. The van der Waals surface area contributed by atoms with Gasteiger partial charge in [0, 0.05) is 29.1 Å². The molecule has 1 unspecified atom stereocenters. The van der Waals surface area contributed by atoms with E-state index in [1.54, 1.807) is 29.1 Å². The van der Waals surface area contributed by atoms with Crippen LogP contribution in [0.5, 0.6) is 5.75 Å². The zero-order valence-electron chi connectivity index (χ0n) is 22.2. The van der Waals surface area contributed by atoms with E-state index >= 15 is 0 Å². The second kappa shape index (κ2) is 10.4. The molecule has 0 fully saturated rings. The topological polar surface area (TPSA) is 57.8 Å². The summed E-state index contributed by atoms with van der Waals surface area (Å²) in [7, 11) is 1.49. The monoisotopic (exact) mass is 555 g/mol. The van der Waals surface area contributed by atoms with Gasteiger partial charge in [-0.3, -0.25) is 0 Å². The summed E-state index contributed by atoms with van der Waals surface area (Å²) in [5, 5.41) is 8.51. The fraction of sp³-hybridized carbons (Fsp3) is 0.276. The Morgan fingerprint density at radius 1 is 0.975 bits per heavy atom. The first-order valence-electron chi connectivity index (χ1n) is 12.6. The number of nitrogens with zero attached hydrogens (tertiary/aromatic N) is 5. The molecule has 2 aromatic carbocycles. The second-order valence-corrected chi connectivity index (χ2v) is 9.64. The van der Waals surface area contributed by atoms with E-state index in [0.29, 0.717) is 29.8 Å². The maximum atomic E-state index is 14.5. The second-order valence-electron chi connectivity index (χ2n) is 9.64. The molecule has 1 aromatic heterocycles. The Bertz CT molecular complexity index is 1630. The molecule has 6 nitrogen and oxygen atoms in total. The van der Waals surface area contributed by atoms with Crippen molar-refractivity contribution in [2.75, 3.05) is 7.11 Å². The Balaban J connectivity index is 1.68. The molecule has 0 saturated heterocycles. The summed E-state index contributed by atoms with van der Waals surface area (Å²) in [6.45, 7) is 5.00. The van der Waals surface area contributed by atoms with Crippen molar-refractivity contribution in [1.29, 1.82) is 0 Å². The van der Waals surface area contributed by atoms with Gasteiger partial charge >= 0.3 is 6.18 Å². The highest BCUT2D eigenvalue weighted by molar-refractivity contribution is 5.80. The van der Waals surface area contributed by atoms with Gasteiger partial charge in [0.05, 0.1) is 36.4 Å². The number of fused-ring (bicyclic) bond motifs is 1. The molecule has 3 heterocycles. The molecule has 0 aliphatic carbocycles. The van der Waals surface area contributed by atoms with Gasteiger partial charge in [-0.1, -0.05) is 19.4 Å². The Morgan fingerprint density at radius 2 is 1.70 bits per heavy atom. The predicted octanol–water partition coefficient (Wildman–Crippen LogP) is 7.55. The van der Waals surface area contributed by atoms with Crippen molar-refractivity contribution in [3.05, 3.63) is 89.1 Å². The lowest BCUT2D eigenvalue weighted by Gasteiger charge is -2.25. The van der Waals surface area contributed by atoms with E-state index in [1.807, 2.05) is 20.0 Å². The van der Waals surface area contributed by atoms with Gasteiger partial charge < -0.3 is 13.9 Å². The number of hydrogen-bond donors (Lipinski definition) is 0. The number of rotatable bonds is 7. The van der Waals surface area contributed by atoms with Gasteiger partial charge in [0.15, 0.2) is 5.82 Å². The molecule has 0 N–H and O–H groups in total. The van der Waals surface area contributed by atoms with E-state index < -0.39 is 29.4 Å². The standard InChI is InChI=1S/C29H26F5N5O/c1-5-6-24(19-9-22(30)17(3)23(31)10-19)39-14-20(29(32,33)34)12-21-27(36-37-28(21)39)18-7-8-25(26(11-18)40-4)38-13-16(2)35-15-38/h7-15,24H,5-6H2,1-4H3. The average Bonchev–Trinajstić information content (AvgIpc) is 3.55. The number of imidazole rings is 1. The first kappa shape index (κ1) is 27.3. The Hall–Kier alpha value is -4.28. The zero-order chi connectivity index (χ0) is 28.8. The first-order chi connectivity index (χ1) is 19.0. The van der Waals surface area contributed by atoms with Gasteiger partial charge in [-0.05, 0) is 56.2 Å². The molecule has 40 heavy (non-hydrogen) atoms. The van der Waals surface area contributed by atoms with E-state index in [4.69, 9.17) is 4.74 Å². The number of benzene rings is 2. The smallest absolute Gasteiger partial charge is 0.417 e. The quantitative estimate of drug-likeness (QED) is 0.195.